The Labute approximate surface area is 113 Å². The lowest BCUT2D eigenvalue weighted by atomic mass is 10.1. The number of hydrogen-bond acceptors (Lipinski definition) is 4. The topological polar surface area (TPSA) is 70.7 Å². The number of aromatic nitrogens is 3. The van der Waals surface area contributed by atoms with E-state index in [1.807, 2.05) is 36.6 Å². The van der Waals surface area contributed by atoms with Crippen molar-refractivity contribution in [3.63, 3.8) is 0 Å². The lowest BCUT2D eigenvalue weighted by molar-refractivity contribution is -0.117. The maximum atomic E-state index is 12.1. The summed E-state index contributed by atoms with van der Waals surface area (Å²) in [6.45, 7) is 1.90. The first-order valence-electron chi connectivity index (χ1n) is 5.89. The molecular weight excluding hydrogens is 260 g/mol. The summed E-state index contributed by atoms with van der Waals surface area (Å²) in [5, 5.41) is 15.4. The van der Waals surface area contributed by atoms with Gasteiger partial charge in [-0.15, -0.1) is 11.3 Å². The number of aromatic amines is 1. The monoisotopic (exact) mass is 272 g/mol. The molecule has 19 heavy (non-hydrogen) atoms. The van der Waals surface area contributed by atoms with E-state index < -0.39 is 0 Å². The lowest BCUT2D eigenvalue weighted by Gasteiger charge is -2.10. The Balaban J connectivity index is 1.78. The molecule has 0 aliphatic carbocycles. The number of thiophene rings is 1. The first kappa shape index (κ1) is 11.9. The highest BCUT2D eigenvalue weighted by molar-refractivity contribution is 7.10. The first-order chi connectivity index (χ1) is 9.24. The van der Waals surface area contributed by atoms with Gasteiger partial charge in [-0.3, -0.25) is 4.79 Å². The summed E-state index contributed by atoms with van der Waals surface area (Å²) in [5.41, 5.74) is 2.25. The molecule has 0 aliphatic rings. The standard InChI is InChI=1S/C13H12N4OS/c1-8(12-3-2-6-19-12)13(18)14-9-4-5-10-11(7-9)16-17-15-10/h2-8H,1H3,(H,14,18)(H,15,16,17)/t8-/m0/s1. The maximum absolute atomic E-state index is 12.1. The molecule has 3 aromatic rings. The molecule has 0 saturated carbocycles. The van der Waals surface area contributed by atoms with Gasteiger partial charge >= 0.3 is 0 Å². The third-order valence-corrected chi connectivity index (χ3v) is 4.00. The zero-order valence-corrected chi connectivity index (χ0v) is 11.1. The van der Waals surface area contributed by atoms with E-state index in [1.54, 1.807) is 17.4 Å². The average Bonchev–Trinajstić information content (AvgIpc) is 3.08. The highest BCUT2D eigenvalue weighted by Gasteiger charge is 2.16. The number of hydrogen-bond donors (Lipinski definition) is 2. The van der Waals surface area contributed by atoms with Crippen molar-refractivity contribution in [3.8, 4) is 0 Å². The summed E-state index contributed by atoms with van der Waals surface area (Å²) in [6.07, 6.45) is 0. The largest absolute Gasteiger partial charge is 0.325 e. The number of H-pyrrole nitrogens is 1. The van der Waals surface area contributed by atoms with Crippen LogP contribution in [0.15, 0.2) is 35.7 Å². The van der Waals surface area contributed by atoms with Gasteiger partial charge in [0.25, 0.3) is 0 Å². The van der Waals surface area contributed by atoms with Crippen molar-refractivity contribution in [2.24, 2.45) is 0 Å². The van der Waals surface area contributed by atoms with E-state index >= 15 is 0 Å². The molecule has 3 rings (SSSR count). The van der Waals surface area contributed by atoms with Crippen LogP contribution in [0.4, 0.5) is 5.69 Å². The average molecular weight is 272 g/mol. The summed E-state index contributed by atoms with van der Waals surface area (Å²) in [5.74, 6) is -0.182. The molecule has 0 bridgehead atoms. The number of nitrogens with zero attached hydrogens (tertiary/aromatic N) is 2. The van der Waals surface area contributed by atoms with Gasteiger partial charge in [-0.2, -0.15) is 15.4 Å². The fourth-order valence-corrected chi connectivity index (χ4v) is 2.62. The third-order valence-electron chi connectivity index (χ3n) is 2.95. The Hall–Kier alpha value is -2.21. The quantitative estimate of drug-likeness (QED) is 0.770. The fourth-order valence-electron chi connectivity index (χ4n) is 1.84. The second kappa shape index (κ2) is 4.81. The fraction of sp³-hybridized carbons (Fsp3) is 0.154. The molecule has 2 N–H and O–H groups in total. The van der Waals surface area contributed by atoms with E-state index in [0.717, 1.165) is 21.6 Å². The zero-order valence-electron chi connectivity index (χ0n) is 10.3. The third kappa shape index (κ3) is 2.34. The molecule has 0 radical (unpaired) electrons. The Kier molecular flexibility index (Phi) is 3.00. The zero-order chi connectivity index (χ0) is 13.2. The van der Waals surface area contributed by atoms with Crippen molar-refractivity contribution in [2.75, 3.05) is 5.32 Å². The van der Waals surface area contributed by atoms with Gasteiger partial charge in [0.15, 0.2) is 0 Å². The number of benzene rings is 1. The summed E-state index contributed by atoms with van der Waals surface area (Å²) in [6, 6.07) is 9.37. The number of nitrogens with one attached hydrogen (secondary N) is 2. The molecule has 1 aromatic carbocycles. The minimum absolute atomic E-state index is 0.0229. The lowest BCUT2D eigenvalue weighted by Crippen LogP contribution is -2.18. The van der Waals surface area contributed by atoms with Crippen LogP contribution in [0.25, 0.3) is 11.0 Å². The molecule has 0 fully saturated rings. The number of carbonyl (C=O) groups excluding carboxylic acids is 1. The molecule has 2 heterocycles. The van der Waals surface area contributed by atoms with Crippen LogP contribution in [0.5, 0.6) is 0 Å². The van der Waals surface area contributed by atoms with Gasteiger partial charge in [0.1, 0.15) is 11.0 Å². The molecule has 0 aliphatic heterocycles. The molecule has 0 spiro atoms. The molecule has 96 valence electrons. The van der Waals surface area contributed by atoms with Crippen molar-refractivity contribution in [3.05, 3.63) is 40.6 Å². The van der Waals surface area contributed by atoms with Crippen LogP contribution in [0.3, 0.4) is 0 Å². The van der Waals surface area contributed by atoms with Gasteiger partial charge in [0, 0.05) is 10.6 Å². The van der Waals surface area contributed by atoms with Crippen LogP contribution in [0, 0.1) is 0 Å². The van der Waals surface area contributed by atoms with E-state index in [2.05, 4.69) is 20.7 Å². The molecule has 2 aromatic heterocycles. The second-order valence-corrected chi connectivity index (χ2v) is 5.23. The molecule has 1 amide bonds. The van der Waals surface area contributed by atoms with E-state index in [0.29, 0.717) is 0 Å². The summed E-state index contributed by atoms with van der Waals surface area (Å²) in [4.78, 5) is 13.2. The Bertz CT molecular complexity index is 704. The molecule has 5 nitrogen and oxygen atoms in total. The van der Waals surface area contributed by atoms with E-state index in [-0.39, 0.29) is 11.8 Å². The Morgan fingerprint density at radius 2 is 2.16 bits per heavy atom. The number of anilines is 1. The van der Waals surface area contributed by atoms with Crippen molar-refractivity contribution >= 4 is 34.0 Å². The number of rotatable bonds is 3. The summed E-state index contributed by atoms with van der Waals surface area (Å²) >= 11 is 1.59. The number of amides is 1. The van der Waals surface area contributed by atoms with Crippen molar-refractivity contribution in [1.29, 1.82) is 0 Å². The van der Waals surface area contributed by atoms with Crippen LogP contribution in [0.2, 0.25) is 0 Å². The van der Waals surface area contributed by atoms with Gasteiger partial charge < -0.3 is 5.32 Å². The molecule has 6 heteroatoms. The van der Waals surface area contributed by atoms with Crippen molar-refractivity contribution in [1.82, 2.24) is 15.4 Å². The van der Waals surface area contributed by atoms with Crippen LogP contribution >= 0.6 is 11.3 Å². The van der Waals surface area contributed by atoms with Crippen LogP contribution < -0.4 is 5.32 Å². The highest BCUT2D eigenvalue weighted by Crippen LogP contribution is 2.23. The smallest absolute Gasteiger partial charge is 0.232 e. The predicted octanol–water partition coefficient (Wildman–Crippen LogP) is 2.76. The SMILES string of the molecule is C[C@H](C(=O)Nc1ccc2n[nH]nc2c1)c1cccs1. The summed E-state index contributed by atoms with van der Waals surface area (Å²) < 4.78 is 0. The van der Waals surface area contributed by atoms with E-state index in [4.69, 9.17) is 0 Å². The van der Waals surface area contributed by atoms with Crippen LogP contribution in [0.1, 0.15) is 17.7 Å². The first-order valence-corrected chi connectivity index (χ1v) is 6.77. The van der Waals surface area contributed by atoms with Gasteiger partial charge in [-0.05, 0) is 36.6 Å². The molecule has 0 unspecified atom stereocenters. The molecule has 0 saturated heterocycles. The van der Waals surface area contributed by atoms with Gasteiger partial charge in [-0.1, -0.05) is 6.07 Å². The van der Waals surface area contributed by atoms with Crippen LogP contribution in [-0.4, -0.2) is 21.3 Å². The van der Waals surface area contributed by atoms with Gasteiger partial charge in [0.05, 0.1) is 5.92 Å². The highest BCUT2D eigenvalue weighted by atomic mass is 32.1. The normalized spacial score (nSPS) is 12.5. The summed E-state index contributed by atoms with van der Waals surface area (Å²) in [7, 11) is 0. The minimum Gasteiger partial charge on any atom is -0.325 e. The van der Waals surface area contributed by atoms with Gasteiger partial charge in [0.2, 0.25) is 5.91 Å². The van der Waals surface area contributed by atoms with Crippen LogP contribution in [-0.2, 0) is 4.79 Å². The molecule has 1 atom stereocenters. The Morgan fingerprint density at radius 1 is 1.32 bits per heavy atom. The van der Waals surface area contributed by atoms with Gasteiger partial charge in [-0.25, -0.2) is 0 Å². The van der Waals surface area contributed by atoms with E-state index in [9.17, 15) is 4.79 Å². The predicted molar refractivity (Wildman–Crippen MR) is 75.3 cm³/mol. The Morgan fingerprint density at radius 3 is 2.95 bits per heavy atom. The van der Waals surface area contributed by atoms with Crippen molar-refractivity contribution in [2.45, 2.75) is 12.8 Å². The van der Waals surface area contributed by atoms with E-state index in [1.165, 1.54) is 0 Å². The molecular formula is C13H12N4OS. The van der Waals surface area contributed by atoms with Crippen molar-refractivity contribution < 1.29 is 4.79 Å². The number of carbonyl (C=O) groups is 1. The maximum Gasteiger partial charge on any atom is 0.232 e. The second-order valence-electron chi connectivity index (χ2n) is 4.25. The minimum atomic E-state index is -0.159. The number of fused-ring (bicyclic) bond motifs is 1.